The third-order valence-electron chi connectivity index (χ3n) is 3.43. The number of ether oxygens (including phenoxy) is 2. The molecule has 0 spiro atoms. The lowest BCUT2D eigenvalue weighted by Gasteiger charge is -2.10. The van der Waals surface area contributed by atoms with Gasteiger partial charge in [0.25, 0.3) is 0 Å². The molecule has 0 atom stereocenters. The minimum absolute atomic E-state index is 0.0602. The molecule has 0 aromatic heterocycles. The van der Waals surface area contributed by atoms with Gasteiger partial charge in [-0.1, -0.05) is 34.1 Å². The second-order valence-corrected chi connectivity index (χ2v) is 8.56. The maximum Gasteiger partial charge on any atom is 0.344 e. The van der Waals surface area contributed by atoms with Crippen LogP contribution in [0.5, 0.6) is 5.75 Å². The maximum absolute atomic E-state index is 11.4. The predicted octanol–water partition coefficient (Wildman–Crippen LogP) is 6.27. The van der Waals surface area contributed by atoms with Crippen LogP contribution in [0.25, 0.3) is 3.58 Å². The van der Waals surface area contributed by atoms with Crippen LogP contribution in [0.15, 0.2) is 57.9 Å². The lowest BCUT2D eigenvalue weighted by molar-refractivity contribution is -0.145. The molecule has 0 bridgehead atoms. The zero-order chi connectivity index (χ0) is 18.9. The largest absolute Gasteiger partial charge is 0.482 e. The first kappa shape index (κ1) is 21.3. The quantitative estimate of drug-likeness (QED) is 0.222. The van der Waals surface area contributed by atoms with Gasteiger partial charge in [0.1, 0.15) is 5.75 Å². The minimum Gasteiger partial charge on any atom is -0.482 e. The van der Waals surface area contributed by atoms with Crippen molar-refractivity contribution in [1.29, 1.82) is 0 Å². The van der Waals surface area contributed by atoms with Crippen molar-refractivity contribution in [3.05, 3.63) is 64.1 Å². The first-order chi connectivity index (χ1) is 12.5. The van der Waals surface area contributed by atoms with Crippen LogP contribution < -0.4 is 4.74 Å². The molecule has 3 nitrogen and oxygen atoms in total. The topological polar surface area (TPSA) is 35.5 Å². The standard InChI is InChI=1S/C20H20BrIO3S/c1-3-24-20(23)13-25-19-9-8-17(12-14(19)2)26-11-10-18(22)15-4-6-16(21)7-5-15/h4-10,12H,3,11,13H2,1-2H3/b18-10-. The Labute approximate surface area is 180 Å². The average molecular weight is 547 g/mol. The zero-order valence-electron chi connectivity index (χ0n) is 14.6. The van der Waals surface area contributed by atoms with Crippen LogP contribution in [0.2, 0.25) is 0 Å². The number of esters is 1. The summed E-state index contributed by atoms with van der Waals surface area (Å²) in [6.07, 6.45) is 2.22. The summed E-state index contributed by atoms with van der Waals surface area (Å²) in [5.74, 6) is 1.25. The van der Waals surface area contributed by atoms with Gasteiger partial charge < -0.3 is 9.47 Å². The Balaban J connectivity index is 1.90. The number of halogens is 2. The van der Waals surface area contributed by atoms with Crippen LogP contribution in [0.3, 0.4) is 0 Å². The highest BCUT2D eigenvalue weighted by atomic mass is 127. The summed E-state index contributed by atoms with van der Waals surface area (Å²) in [6.45, 7) is 4.06. The van der Waals surface area contributed by atoms with Gasteiger partial charge in [-0.15, -0.1) is 11.8 Å². The van der Waals surface area contributed by atoms with Crippen molar-refractivity contribution < 1.29 is 14.3 Å². The summed E-state index contributed by atoms with van der Waals surface area (Å²) in [5, 5.41) is 0. The van der Waals surface area contributed by atoms with Gasteiger partial charge in [-0.3, -0.25) is 0 Å². The van der Waals surface area contributed by atoms with E-state index in [0.29, 0.717) is 12.4 Å². The summed E-state index contributed by atoms with van der Waals surface area (Å²) in [5.41, 5.74) is 2.22. The second-order valence-electron chi connectivity index (χ2n) is 5.39. The molecule has 6 heteroatoms. The molecule has 26 heavy (non-hydrogen) atoms. The van der Waals surface area contributed by atoms with Crippen molar-refractivity contribution in [3.63, 3.8) is 0 Å². The summed E-state index contributed by atoms with van der Waals surface area (Å²) in [6, 6.07) is 14.3. The SMILES string of the molecule is CCOC(=O)COc1ccc(SC/C=C(\I)c2ccc(Br)cc2)cc1C. The summed E-state index contributed by atoms with van der Waals surface area (Å²) < 4.78 is 12.7. The van der Waals surface area contributed by atoms with Gasteiger partial charge in [0.15, 0.2) is 6.61 Å². The van der Waals surface area contributed by atoms with Gasteiger partial charge in [0.2, 0.25) is 0 Å². The van der Waals surface area contributed by atoms with Crippen molar-refractivity contribution in [2.45, 2.75) is 18.7 Å². The Bertz CT molecular complexity index is 775. The monoisotopic (exact) mass is 546 g/mol. The lowest BCUT2D eigenvalue weighted by Crippen LogP contribution is -2.14. The van der Waals surface area contributed by atoms with E-state index in [9.17, 15) is 4.79 Å². The van der Waals surface area contributed by atoms with E-state index in [4.69, 9.17) is 9.47 Å². The van der Waals surface area contributed by atoms with E-state index in [2.05, 4.69) is 62.8 Å². The molecular weight excluding hydrogens is 527 g/mol. The molecule has 0 heterocycles. The highest BCUT2D eigenvalue weighted by molar-refractivity contribution is 14.1. The average Bonchev–Trinajstić information content (AvgIpc) is 2.61. The van der Waals surface area contributed by atoms with Crippen LogP contribution in [-0.2, 0) is 9.53 Å². The van der Waals surface area contributed by atoms with Crippen molar-refractivity contribution >= 4 is 59.8 Å². The Kier molecular flexibility index (Phi) is 9.01. The Hall–Kier alpha value is -0.990. The smallest absolute Gasteiger partial charge is 0.344 e. The minimum atomic E-state index is -0.349. The number of carbonyl (C=O) groups is 1. The second kappa shape index (κ2) is 11.0. The van der Waals surface area contributed by atoms with Crippen molar-refractivity contribution in [2.75, 3.05) is 19.0 Å². The van der Waals surface area contributed by atoms with Gasteiger partial charge in [-0.2, -0.15) is 0 Å². The van der Waals surface area contributed by atoms with Crippen LogP contribution in [0, 0.1) is 6.92 Å². The molecule has 0 aliphatic rings. The predicted molar refractivity (Wildman–Crippen MR) is 120 cm³/mol. The first-order valence-electron chi connectivity index (χ1n) is 8.13. The van der Waals surface area contributed by atoms with Crippen molar-refractivity contribution in [1.82, 2.24) is 0 Å². The molecule has 2 aromatic carbocycles. The molecular formula is C20H20BrIO3S. The third-order valence-corrected chi connectivity index (χ3v) is 5.94. The summed E-state index contributed by atoms with van der Waals surface area (Å²) in [4.78, 5) is 12.5. The van der Waals surface area contributed by atoms with Gasteiger partial charge in [0.05, 0.1) is 6.61 Å². The molecule has 0 unspecified atom stereocenters. The number of hydrogen-bond donors (Lipinski definition) is 0. The molecule has 2 aromatic rings. The molecule has 0 saturated heterocycles. The van der Waals surface area contributed by atoms with E-state index in [0.717, 1.165) is 15.8 Å². The highest BCUT2D eigenvalue weighted by Crippen LogP contribution is 2.28. The van der Waals surface area contributed by atoms with Gasteiger partial charge >= 0.3 is 5.97 Å². The van der Waals surface area contributed by atoms with Gasteiger partial charge in [-0.25, -0.2) is 4.79 Å². The molecule has 0 aliphatic heterocycles. The van der Waals surface area contributed by atoms with Crippen LogP contribution >= 0.6 is 50.3 Å². The molecule has 0 amide bonds. The fourth-order valence-electron chi connectivity index (χ4n) is 2.15. The molecule has 0 fully saturated rings. The Morgan fingerprint density at radius 2 is 1.96 bits per heavy atom. The van der Waals surface area contributed by atoms with Crippen molar-refractivity contribution in [2.24, 2.45) is 0 Å². The molecule has 0 radical (unpaired) electrons. The number of benzene rings is 2. The Morgan fingerprint density at radius 1 is 1.23 bits per heavy atom. The van der Waals surface area contributed by atoms with Gasteiger partial charge in [-0.05, 0) is 77.9 Å². The number of rotatable bonds is 8. The van der Waals surface area contributed by atoms with E-state index < -0.39 is 0 Å². The fourth-order valence-corrected chi connectivity index (χ4v) is 4.16. The van der Waals surface area contributed by atoms with E-state index in [1.807, 2.05) is 31.2 Å². The van der Waals surface area contributed by atoms with E-state index in [1.54, 1.807) is 18.7 Å². The van der Waals surface area contributed by atoms with E-state index in [1.165, 1.54) is 14.0 Å². The Morgan fingerprint density at radius 3 is 2.62 bits per heavy atom. The fraction of sp³-hybridized carbons (Fsp3) is 0.250. The van der Waals surface area contributed by atoms with Crippen LogP contribution in [0.1, 0.15) is 18.1 Å². The zero-order valence-corrected chi connectivity index (χ0v) is 19.2. The molecule has 2 rings (SSSR count). The first-order valence-corrected chi connectivity index (χ1v) is 11.0. The number of hydrogen-bond acceptors (Lipinski definition) is 4. The number of thioether (sulfide) groups is 1. The summed E-state index contributed by atoms with van der Waals surface area (Å²) >= 11 is 7.59. The lowest BCUT2D eigenvalue weighted by atomic mass is 10.2. The number of carbonyl (C=O) groups excluding carboxylic acids is 1. The van der Waals surface area contributed by atoms with E-state index >= 15 is 0 Å². The molecule has 0 aliphatic carbocycles. The molecule has 138 valence electrons. The van der Waals surface area contributed by atoms with Gasteiger partial charge in [0, 0.05) is 18.7 Å². The van der Waals surface area contributed by atoms with E-state index in [-0.39, 0.29) is 12.6 Å². The molecule has 0 saturated carbocycles. The van der Waals surface area contributed by atoms with Crippen LogP contribution in [0.4, 0.5) is 0 Å². The van der Waals surface area contributed by atoms with Crippen molar-refractivity contribution in [3.8, 4) is 5.75 Å². The maximum atomic E-state index is 11.4. The van der Waals surface area contributed by atoms with Crippen LogP contribution in [-0.4, -0.2) is 24.9 Å². The normalized spacial score (nSPS) is 11.3. The third kappa shape index (κ3) is 6.96. The summed E-state index contributed by atoms with van der Waals surface area (Å²) in [7, 11) is 0. The molecule has 0 N–H and O–H groups in total. The number of aryl methyl sites for hydroxylation is 1. The highest BCUT2D eigenvalue weighted by Gasteiger charge is 2.06.